The smallest absolute Gasteiger partial charge is 0.00899 e. The van der Waals surface area contributed by atoms with Gasteiger partial charge in [0, 0.05) is 5.92 Å². The highest BCUT2D eigenvalue weighted by molar-refractivity contribution is 5.56. The second kappa shape index (κ2) is 10.4. The van der Waals surface area contributed by atoms with Gasteiger partial charge in [-0.05, 0) is 83.4 Å². The molecule has 0 aliphatic heterocycles. The first-order chi connectivity index (χ1) is 17.1. The lowest BCUT2D eigenvalue weighted by molar-refractivity contribution is 0.488. The minimum absolute atomic E-state index is 0.0394. The van der Waals surface area contributed by atoms with Crippen LogP contribution in [0.2, 0.25) is 0 Å². The molecule has 0 heterocycles. The van der Waals surface area contributed by atoms with Crippen LogP contribution in [0.15, 0.2) is 24.3 Å². The van der Waals surface area contributed by atoms with Crippen LogP contribution in [-0.4, -0.2) is 0 Å². The van der Waals surface area contributed by atoms with Crippen molar-refractivity contribution in [1.82, 2.24) is 0 Å². The fourth-order valence-corrected chi connectivity index (χ4v) is 6.61. The van der Waals surface area contributed by atoms with E-state index in [4.69, 9.17) is 0 Å². The molecule has 0 fully saturated rings. The zero-order valence-electron chi connectivity index (χ0n) is 29.6. The maximum absolute atomic E-state index is 2.59. The van der Waals surface area contributed by atoms with Gasteiger partial charge in [0.25, 0.3) is 0 Å². The Morgan fingerprint density at radius 1 is 0.436 bits per heavy atom. The molecule has 0 aliphatic carbocycles. The van der Waals surface area contributed by atoms with E-state index in [9.17, 15) is 0 Å². The van der Waals surface area contributed by atoms with Crippen molar-refractivity contribution in [3.63, 3.8) is 0 Å². The second-order valence-electron chi connectivity index (χ2n) is 18.4. The standard InChI is InChI=1S/C39H64/c1-20-26(25-23-29(35(5,6)7)32(38(14,15)16)30(24-25)36(8,9)10)27-21-22-28(34(2,3)4)33(39(17,18)19)31(27)37(11,12)13/h21-24,26H,20H2,1-19H3. The summed E-state index contributed by atoms with van der Waals surface area (Å²) in [4.78, 5) is 0. The summed E-state index contributed by atoms with van der Waals surface area (Å²) in [5.74, 6) is 0.352. The molecule has 2 aromatic rings. The Kier molecular flexibility index (Phi) is 8.94. The Labute approximate surface area is 244 Å². The molecule has 0 heteroatoms. The van der Waals surface area contributed by atoms with E-state index in [0.717, 1.165) is 6.42 Å². The van der Waals surface area contributed by atoms with Crippen molar-refractivity contribution in [2.45, 2.75) is 176 Å². The number of benzene rings is 2. The van der Waals surface area contributed by atoms with E-state index < -0.39 is 0 Å². The van der Waals surface area contributed by atoms with E-state index in [-0.39, 0.29) is 32.5 Å². The third-order valence-electron chi connectivity index (χ3n) is 8.26. The molecule has 39 heavy (non-hydrogen) atoms. The fourth-order valence-electron chi connectivity index (χ4n) is 6.61. The first-order valence-electron chi connectivity index (χ1n) is 15.5. The minimum atomic E-state index is 0.0394. The van der Waals surface area contributed by atoms with E-state index in [1.807, 2.05) is 0 Å². The molecule has 0 saturated heterocycles. The van der Waals surface area contributed by atoms with Gasteiger partial charge in [-0.15, -0.1) is 0 Å². The van der Waals surface area contributed by atoms with Gasteiger partial charge < -0.3 is 0 Å². The van der Waals surface area contributed by atoms with Crippen LogP contribution >= 0.6 is 0 Å². The van der Waals surface area contributed by atoms with Crippen LogP contribution in [0.4, 0.5) is 0 Å². The highest BCUT2D eigenvalue weighted by atomic mass is 14.4. The summed E-state index contributed by atoms with van der Waals surface area (Å²) in [7, 11) is 0. The van der Waals surface area contributed by atoms with Crippen LogP contribution in [0.5, 0.6) is 0 Å². The van der Waals surface area contributed by atoms with E-state index in [1.165, 1.54) is 33.4 Å². The molecule has 0 aromatic heterocycles. The lowest BCUT2D eigenvalue weighted by atomic mass is 9.64. The Balaban J connectivity index is 3.16. The topological polar surface area (TPSA) is 0 Å². The zero-order valence-corrected chi connectivity index (χ0v) is 29.6. The predicted molar refractivity (Wildman–Crippen MR) is 177 cm³/mol. The van der Waals surface area contributed by atoms with Crippen molar-refractivity contribution >= 4 is 0 Å². The molecule has 0 amide bonds. The number of hydrogen-bond donors (Lipinski definition) is 0. The largest absolute Gasteiger partial charge is 0.0645 e. The lowest BCUT2D eigenvalue weighted by Gasteiger charge is -2.40. The third-order valence-corrected chi connectivity index (χ3v) is 8.26. The molecule has 2 rings (SSSR count). The van der Waals surface area contributed by atoms with Crippen LogP contribution in [0.3, 0.4) is 0 Å². The van der Waals surface area contributed by atoms with Gasteiger partial charge in [0.15, 0.2) is 0 Å². The highest BCUT2D eigenvalue weighted by Gasteiger charge is 2.37. The van der Waals surface area contributed by atoms with Crippen molar-refractivity contribution in [3.8, 4) is 0 Å². The molecule has 0 nitrogen and oxygen atoms in total. The fraction of sp³-hybridized carbons (Fsp3) is 0.692. The maximum Gasteiger partial charge on any atom is 0.00899 e. The van der Waals surface area contributed by atoms with Gasteiger partial charge in [0.1, 0.15) is 0 Å². The van der Waals surface area contributed by atoms with E-state index in [0.29, 0.717) is 5.92 Å². The summed E-state index contributed by atoms with van der Waals surface area (Å²) in [5, 5.41) is 0. The molecule has 220 valence electrons. The summed E-state index contributed by atoms with van der Waals surface area (Å²) in [6.45, 7) is 45.5. The van der Waals surface area contributed by atoms with Gasteiger partial charge >= 0.3 is 0 Å². The van der Waals surface area contributed by atoms with E-state index in [1.54, 1.807) is 11.1 Å². The summed E-state index contributed by atoms with van der Waals surface area (Å²) < 4.78 is 0. The van der Waals surface area contributed by atoms with Crippen molar-refractivity contribution in [3.05, 3.63) is 68.8 Å². The Morgan fingerprint density at radius 3 is 1.08 bits per heavy atom. The summed E-state index contributed by atoms with van der Waals surface area (Å²) in [5.41, 5.74) is 12.6. The Hall–Kier alpha value is -1.56. The second-order valence-corrected chi connectivity index (χ2v) is 18.4. The molecule has 0 radical (unpaired) electrons. The van der Waals surface area contributed by atoms with E-state index >= 15 is 0 Å². The summed E-state index contributed by atoms with van der Waals surface area (Å²) in [6.07, 6.45) is 1.09. The lowest BCUT2D eigenvalue weighted by Crippen LogP contribution is -2.31. The average molecular weight is 533 g/mol. The highest BCUT2D eigenvalue weighted by Crippen LogP contribution is 2.48. The molecule has 0 N–H and O–H groups in total. The number of rotatable bonds is 3. The SMILES string of the molecule is CCC(c1cc(C(C)(C)C)c(C(C)(C)C)c(C(C)(C)C)c1)c1ccc(C(C)(C)C)c(C(C)(C)C)c1C(C)(C)C. The average Bonchev–Trinajstić information content (AvgIpc) is 2.69. The van der Waals surface area contributed by atoms with Crippen molar-refractivity contribution in [1.29, 1.82) is 0 Å². The van der Waals surface area contributed by atoms with Crippen LogP contribution in [0.25, 0.3) is 0 Å². The summed E-state index contributed by atoms with van der Waals surface area (Å²) in [6, 6.07) is 10.1. The van der Waals surface area contributed by atoms with Crippen LogP contribution < -0.4 is 0 Å². The van der Waals surface area contributed by atoms with Crippen LogP contribution in [-0.2, 0) is 32.5 Å². The van der Waals surface area contributed by atoms with E-state index in [2.05, 4.69) is 156 Å². The molecule has 1 atom stereocenters. The van der Waals surface area contributed by atoms with Gasteiger partial charge in [0.2, 0.25) is 0 Å². The number of hydrogen-bond acceptors (Lipinski definition) is 0. The van der Waals surface area contributed by atoms with Gasteiger partial charge in [-0.2, -0.15) is 0 Å². The first kappa shape index (κ1) is 33.6. The van der Waals surface area contributed by atoms with Gasteiger partial charge in [0.05, 0.1) is 0 Å². The van der Waals surface area contributed by atoms with Gasteiger partial charge in [-0.1, -0.05) is 156 Å². The monoisotopic (exact) mass is 533 g/mol. The molecule has 2 aromatic carbocycles. The van der Waals surface area contributed by atoms with Gasteiger partial charge in [-0.3, -0.25) is 0 Å². The molecule has 1 unspecified atom stereocenters. The molecular weight excluding hydrogens is 468 g/mol. The Bertz CT molecular complexity index is 1120. The van der Waals surface area contributed by atoms with Crippen molar-refractivity contribution in [2.24, 2.45) is 0 Å². The molecule has 0 aliphatic rings. The first-order valence-corrected chi connectivity index (χ1v) is 15.5. The summed E-state index contributed by atoms with van der Waals surface area (Å²) >= 11 is 0. The molecular formula is C39H64. The molecule has 0 saturated carbocycles. The quantitative estimate of drug-likeness (QED) is 0.369. The van der Waals surface area contributed by atoms with Gasteiger partial charge in [-0.25, -0.2) is 0 Å². The Morgan fingerprint density at radius 2 is 0.795 bits per heavy atom. The van der Waals surface area contributed by atoms with Crippen molar-refractivity contribution < 1.29 is 0 Å². The maximum atomic E-state index is 2.59. The minimum Gasteiger partial charge on any atom is -0.0645 e. The van der Waals surface area contributed by atoms with Crippen LogP contribution in [0.1, 0.15) is 188 Å². The zero-order chi connectivity index (χ0) is 30.7. The van der Waals surface area contributed by atoms with Crippen molar-refractivity contribution in [2.75, 3.05) is 0 Å². The van der Waals surface area contributed by atoms with Crippen LogP contribution in [0, 0.1) is 0 Å². The molecule has 0 bridgehead atoms. The predicted octanol–water partition coefficient (Wildman–Crippen LogP) is 12.0. The third kappa shape index (κ3) is 7.21. The normalized spacial score (nSPS) is 15.1. The molecule has 0 spiro atoms.